The molecule has 150 valence electrons. The predicted octanol–water partition coefficient (Wildman–Crippen LogP) is 4.16. The number of piperidine rings is 1. The number of thiophene rings is 1. The Morgan fingerprint density at radius 2 is 1.93 bits per heavy atom. The average Bonchev–Trinajstić information content (AvgIpc) is 3.19. The van der Waals surface area contributed by atoms with Gasteiger partial charge in [-0.05, 0) is 24.5 Å². The summed E-state index contributed by atoms with van der Waals surface area (Å²) in [4.78, 5) is 36.2. The van der Waals surface area contributed by atoms with Crippen LogP contribution in [0.15, 0.2) is 47.8 Å². The van der Waals surface area contributed by atoms with Crippen molar-refractivity contribution < 1.29 is 14.7 Å². The van der Waals surface area contributed by atoms with Gasteiger partial charge in [-0.2, -0.15) is 0 Å². The van der Waals surface area contributed by atoms with Crippen LogP contribution in [0.25, 0.3) is 20.7 Å². The van der Waals surface area contributed by atoms with Crippen molar-refractivity contribution in [3.63, 3.8) is 0 Å². The Balaban J connectivity index is 1.37. The van der Waals surface area contributed by atoms with E-state index in [1.807, 2.05) is 18.2 Å². The fraction of sp³-hybridized carbons (Fsp3) is 0.333. The van der Waals surface area contributed by atoms with Gasteiger partial charge in [0.2, 0.25) is 5.91 Å². The number of thioether (sulfide) groups is 1. The number of likely N-dealkylation sites (tertiary alicyclic amines) is 1. The molecule has 1 aliphatic rings. The molecule has 1 N–H and O–H groups in total. The van der Waals surface area contributed by atoms with Crippen molar-refractivity contribution in [2.24, 2.45) is 5.92 Å². The molecule has 0 aliphatic carbocycles. The van der Waals surface area contributed by atoms with E-state index >= 15 is 0 Å². The van der Waals surface area contributed by atoms with Gasteiger partial charge in [0.25, 0.3) is 0 Å². The molecular weight excluding hydrogens is 406 g/mol. The molecule has 0 saturated carbocycles. The molecule has 0 unspecified atom stereocenters. The Hall–Kier alpha value is -2.45. The van der Waals surface area contributed by atoms with Crippen LogP contribution in [0.5, 0.6) is 0 Å². The lowest BCUT2D eigenvalue weighted by atomic mass is 9.97. The number of benzene rings is 1. The van der Waals surface area contributed by atoms with Crippen LogP contribution in [0.4, 0.5) is 0 Å². The summed E-state index contributed by atoms with van der Waals surface area (Å²) in [6, 6.07) is 12.3. The quantitative estimate of drug-likeness (QED) is 0.470. The minimum absolute atomic E-state index is 0.0851. The van der Waals surface area contributed by atoms with Crippen molar-refractivity contribution in [2.75, 3.05) is 18.8 Å². The van der Waals surface area contributed by atoms with Gasteiger partial charge in [0.05, 0.1) is 5.92 Å². The van der Waals surface area contributed by atoms with Gasteiger partial charge in [-0.15, -0.1) is 23.1 Å². The molecule has 1 aromatic carbocycles. The third-order valence-electron chi connectivity index (χ3n) is 5.10. The van der Waals surface area contributed by atoms with E-state index in [1.54, 1.807) is 34.3 Å². The molecule has 1 aliphatic heterocycles. The highest BCUT2D eigenvalue weighted by Crippen LogP contribution is 2.36. The number of fused-ring (bicyclic) bond motifs is 1. The van der Waals surface area contributed by atoms with Gasteiger partial charge >= 0.3 is 5.97 Å². The third-order valence-corrected chi connectivity index (χ3v) is 7.20. The number of carboxylic acid groups (broad SMARTS) is 1. The van der Waals surface area contributed by atoms with Crippen LogP contribution in [0.3, 0.4) is 0 Å². The molecular formula is C21H21N3O3S2. The summed E-state index contributed by atoms with van der Waals surface area (Å²) in [6.07, 6.45) is 3.08. The first-order valence-electron chi connectivity index (χ1n) is 9.55. The highest BCUT2D eigenvalue weighted by Gasteiger charge is 2.26. The lowest BCUT2D eigenvalue weighted by Gasteiger charge is -2.30. The number of carboxylic acids is 1. The zero-order chi connectivity index (χ0) is 20.2. The normalized spacial score (nSPS) is 15.0. The lowest BCUT2D eigenvalue weighted by Crippen LogP contribution is -2.40. The van der Waals surface area contributed by atoms with E-state index in [4.69, 9.17) is 5.11 Å². The topological polar surface area (TPSA) is 83.4 Å². The zero-order valence-electron chi connectivity index (χ0n) is 15.8. The Morgan fingerprint density at radius 1 is 1.17 bits per heavy atom. The van der Waals surface area contributed by atoms with Crippen LogP contribution < -0.4 is 0 Å². The summed E-state index contributed by atoms with van der Waals surface area (Å²) in [7, 11) is 0. The van der Waals surface area contributed by atoms with Crippen LogP contribution in [-0.2, 0) is 9.59 Å². The van der Waals surface area contributed by atoms with Crippen molar-refractivity contribution in [3.05, 3.63) is 42.7 Å². The maximum atomic E-state index is 12.5. The van der Waals surface area contributed by atoms with Gasteiger partial charge in [0.1, 0.15) is 16.2 Å². The number of aliphatic carboxylic acids is 1. The van der Waals surface area contributed by atoms with Crippen molar-refractivity contribution in [1.29, 1.82) is 0 Å². The molecule has 1 amide bonds. The Labute approximate surface area is 177 Å². The molecule has 29 heavy (non-hydrogen) atoms. The SMILES string of the molecule is O=C(O)C1CCN(C(=O)CCSc2ncnc3sc(-c4ccccc4)cc23)CC1. The van der Waals surface area contributed by atoms with Crippen molar-refractivity contribution in [2.45, 2.75) is 24.3 Å². The van der Waals surface area contributed by atoms with E-state index in [1.165, 1.54) is 0 Å². The monoisotopic (exact) mass is 427 g/mol. The van der Waals surface area contributed by atoms with E-state index < -0.39 is 5.97 Å². The molecule has 0 atom stereocenters. The van der Waals surface area contributed by atoms with Crippen LogP contribution in [0, 0.1) is 5.92 Å². The van der Waals surface area contributed by atoms with E-state index in [0.29, 0.717) is 38.1 Å². The van der Waals surface area contributed by atoms with Crippen molar-refractivity contribution >= 4 is 45.2 Å². The van der Waals surface area contributed by atoms with Crippen molar-refractivity contribution in [3.8, 4) is 10.4 Å². The highest BCUT2D eigenvalue weighted by atomic mass is 32.2. The number of hydrogen-bond acceptors (Lipinski definition) is 6. The molecule has 3 aromatic rings. The summed E-state index contributed by atoms with van der Waals surface area (Å²) in [5.41, 5.74) is 1.16. The predicted molar refractivity (Wildman–Crippen MR) is 115 cm³/mol. The fourth-order valence-corrected chi connectivity index (χ4v) is 5.43. The van der Waals surface area contributed by atoms with Gasteiger partial charge < -0.3 is 10.0 Å². The number of carbonyl (C=O) groups excluding carboxylic acids is 1. The van der Waals surface area contributed by atoms with Gasteiger partial charge in [-0.25, -0.2) is 9.97 Å². The summed E-state index contributed by atoms with van der Waals surface area (Å²) in [6.45, 7) is 1.06. The first-order valence-corrected chi connectivity index (χ1v) is 11.4. The zero-order valence-corrected chi connectivity index (χ0v) is 17.4. The molecule has 1 saturated heterocycles. The largest absolute Gasteiger partial charge is 0.481 e. The number of amides is 1. The Morgan fingerprint density at radius 3 is 2.66 bits per heavy atom. The molecule has 4 rings (SSSR count). The summed E-state index contributed by atoms with van der Waals surface area (Å²) < 4.78 is 0. The second-order valence-corrected chi connectivity index (χ2v) is 9.08. The van der Waals surface area contributed by atoms with Crippen LogP contribution in [-0.4, -0.2) is 50.7 Å². The first-order chi connectivity index (χ1) is 14.1. The second-order valence-electron chi connectivity index (χ2n) is 6.97. The molecule has 8 heteroatoms. The van der Waals surface area contributed by atoms with Gasteiger partial charge in [-0.3, -0.25) is 9.59 Å². The van der Waals surface area contributed by atoms with Crippen LogP contribution in [0.1, 0.15) is 19.3 Å². The smallest absolute Gasteiger partial charge is 0.306 e. The third kappa shape index (κ3) is 4.59. The number of nitrogens with zero attached hydrogens (tertiary/aromatic N) is 3. The number of hydrogen-bond donors (Lipinski definition) is 1. The van der Waals surface area contributed by atoms with Gasteiger partial charge in [0.15, 0.2) is 0 Å². The number of rotatable bonds is 6. The standard InChI is InChI=1S/C21H21N3O3S2/c25-18(24-9-6-15(7-10-24)21(26)27)8-11-28-19-16-12-17(14-4-2-1-3-5-14)29-20(16)23-13-22-19/h1-5,12-13,15H,6-11H2,(H,26,27). The number of carbonyl (C=O) groups is 2. The minimum Gasteiger partial charge on any atom is -0.481 e. The molecule has 6 nitrogen and oxygen atoms in total. The molecule has 0 radical (unpaired) electrons. The molecule has 0 spiro atoms. The van der Waals surface area contributed by atoms with E-state index in [-0.39, 0.29) is 11.8 Å². The summed E-state index contributed by atoms with van der Waals surface area (Å²) in [5.74, 6) is -0.353. The maximum absolute atomic E-state index is 12.5. The summed E-state index contributed by atoms with van der Waals surface area (Å²) in [5, 5.41) is 11.0. The Bertz CT molecular complexity index is 1010. The average molecular weight is 428 g/mol. The van der Waals surface area contributed by atoms with E-state index in [0.717, 1.165) is 25.7 Å². The van der Waals surface area contributed by atoms with E-state index in [2.05, 4.69) is 28.2 Å². The van der Waals surface area contributed by atoms with E-state index in [9.17, 15) is 9.59 Å². The van der Waals surface area contributed by atoms with Gasteiger partial charge in [-0.1, -0.05) is 30.3 Å². The molecule has 2 aromatic heterocycles. The lowest BCUT2D eigenvalue weighted by molar-refractivity contribution is -0.145. The highest BCUT2D eigenvalue weighted by molar-refractivity contribution is 7.99. The first kappa shape index (κ1) is 19.8. The van der Waals surface area contributed by atoms with Crippen LogP contribution in [0.2, 0.25) is 0 Å². The molecule has 3 heterocycles. The summed E-state index contributed by atoms with van der Waals surface area (Å²) >= 11 is 3.21. The number of aromatic nitrogens is 2. The molecule has 1 fully saturated rings. The fourth-order valence-electron chi connectivity index (χ4n) is 3.46. The Kier molecular flexibility index (Phi) is 6.10. The van der Waals surface area contributed by atoms with Crippen LogP contribution >= 0.6 is 23.1 Å². The van der Waals surface area contributed by atoms with Gasteiger partial charge in [0, 0.05) is 35.5 Å². The second kappa shape index (κ2) is 8.92. The van der Waals surface area contributed by atoms with Crippen molar-refractivity contribution in [1.82, 2.24) is 14.9 Å². The molecule has 0 bridgehead atoms. The maximum Gasteiger partial charge on any atom is 0.306 e. The minimum atomic E-state index is -0.758.